The summed E-state index contributed by atoms with van der Waals surface area (Å²) in [6.45, 7) is 6.03. The van der Waals surface area contributed by atoms with Gasteiger partial charge in [-0.05, 0) is 32.4 Å². The van der Waals surface area contributed by atoms with Crippen LogP contribution < -0.4 is 0 Å². The van der Waals surface area contributed by atoms with Crippen molar-refractivity contribution in [2.75, 3.05) is 0 Å². The molecule has 0 radical (unpaired) electrons. The first-order valence-corrected chi connectivity index (χ1v) is 6.60. The van der Waals surface area contributed by atoms with Crippen LogP contribution in [0.4, 0.5) is 0 Å². The standard InChI is InChI=1S/C15H26O2/c1-4-5-6-7-8-9-14(16)10-11-15(17)12-13(2)3/h10-12,15,17H,4-9H2,1-3H3. The van der Waals surface area contributed by atoms with E-state index in [0.717, 1.165) is 18.4 Å². The third-order valence-corrected chi connectivity index (χ3v) is 2.51. The van der Waals surface area contributed by atoms with Crippen molar-refractivity contribution in [1.29, 1.82) is 0 Å². The number of aliphatic hydroxyl groups excluding tert-OH is 1. The molecular formula is C15H26O2. The average Bonchev–Trinajstić information content (AvgIpc) is 2.25. The quantitative estimate of drug-likeness (QED) is 0.377. The molecule has 0 fully saturated rings. The number of allylic oxidation sites excluding steroid dienone is 2. The SMILES string of the molecule is CCCCCCCC(=O)C=CC(O)C=C(C)C. The van der Waals surface area contributed by atoms with Gasteiger partial charge in [0.1, 0.15) is 0 Å². The molecule has 0 aromatic rings. The summed E-state index contributed by atoms with van der Waals surface area (Å²) in [7, 11) is 0. The number of hydrogen-bond donors (Lipinski definition) is 1. The van der Waals surface area contributed by atoms with Gasteiger partial charge in [0, 0.05) is 6.42 Å². The molecule has 2 heteroatoms. The number of hydrogen-bond acceptors (Lipinski definition) is 2. The molecule has 2 nitrogen and oxygen atoms in total. The molecule has 0 heterocycles. The second-order valence-corrected chi connectivity index (χ2v) is 4.72. The smallest absolute Gasteiger partial charge is 0.155 e. The van der Waals surface area contributed by atoms with Crippen molar-refractivity contribution in [3.05, 3.63) is 23.8 Å². The minimum atomic E-state index is -0.635. The minimum absolute atomic E-state index is 0.114. The molecule has 0 aliphatic carbocycles. The predicted octanol–water partition coefficient (Wildman–Crippen LogP) is 3.80. The lowest BCUT2D eigenvalue weighted by Crippen LogP contribution is -2.00. The molecule has 17 heavy (non-hydrogen) atoms. The van der Waals surface area contributed by atoms with E-state index in [9.17, 15) is 9.90 Å². The number of ketones is 1. The van der Waals surface area contributed by atoms with E-state index in [0.29, 0.717) is 6.42 Å². The van der Waals surface area contributed by atoms with Crippen molar-refractivity contribution in [1.82, 2.24) is 0 Å². The molecule has 0 saturated heterocycles. The molecule has 1 unspecified atom stereocenters. The van der Waals surface area contributed by atoms with Crippen LogP contribution in [0.2, 0.25) is 0 Å². The van der Waals surface area contributed by atoms with E-state index in [1.54, 1.807) is 12.2 Å². The summed E-state index contributed by atoms with van der Waals surface area (Å²) in [6.07, 6.45) is 10.5. The Hall–Kier alpha value is -0.890. The largest absolute Gasteiger partial charge is 0.385 e. The van der Waals surface area contributed by atoms with Gasteiger partial charge >= 0.3 is 0 Å². The van der Waals surface area contributed by atoms with Gasteiger partial charge in [0.15, 0.2) is 5.78 Å². The molecule has 0 aliphatic heterocycles. The van der Waals surface area contributed by atoms with Crippen molar-refractivity contribution in [3.63, 3.8) is 0 Å². The highest BCUT2D eigenvalue weighted by molar-refractivity contribution is 5.89. The van der Waals surface area contributed by atoms with Gasteiger partial charge in [-0.25, -0.2) is 0 Å². The molecule has 0 rings (SSSR count). The van der Waals surface area contributed by atoms with Gasteiger partial charge in [0.2, 0.25) is 0 Å². The first-order valence-electron chi connectivity index (χ1n) is 6.60. The number of carbonyl (C=O) groups excluding carboxylic acids is 1. The number of carbonyl (C=O) groups is 1. The maximum Gasteiger partial charge on any atom is 0.155 e. The lowest BCUT2D eigenvalue weighted by Gasteiger charge is -2.00. The van der Waals surface area contributed by atoms with Crippen LogP contribution in [0.1, 0.15) is 59.3 Å². The first kappa shape index (κ1) is 16.1. The van der Waals surface area contributed by atoms with Gasteiger partial charge in [-0.1, -0.05) is 44.3 Å². The Bertz CT molecular complexity index is 260. The van der Waals surface area contributed by atoms with Crippen LogP contribution in [0.3, 0.4) is 0 Å². The molecule has 1 atom stereocenters. The van der Waals surface area contributed by atoms with Crippen LogP contribution in [0.15, 0.2) is 23.8 Å². The molecular weight excluding hydrogens is 212 g/mol. The van der Waals surface area contributed by atoms with Crippen molar-refractivity contribution >= 4 is 5.78 Å². The maximum atomic E-state index is 11.4. The predicted molar refractivity (Wildman–Crippen MR) is 73.0 cm³/mol. The first-order chi connectivity index (χ1) is 8.06. The van der Waals surface area contributed by atoms with Gasteiger partial charge in [0.05, 0.1) is 6.10 Å². The highest BCUT2D eigenvalue weighted by Gasteiger charge is 1.98. The summed E-state index contributed by atoms with van der Waals surface area (Å²) in [6, 6.07) is 0. The van der Waals surface area contributed by atoms with Crippen LogP contribution in [0.5, 0.6) is 0 Å². The highest BCUT2D eigenvalue weighted by atomic mass is 16.3. The third kappa shape index (κ3) is 11.4. The normalized spacial score (nSPS) is 12.7. The van der Waals surface area contributed by atoms with Crippen LogP contribution in [-0.2, 0) is 4.79 Å². The van der Waals surface area contributed by atoms with E-state index < -0.39 is 6.10 Å². The van der Waals surface area contributed by atoms with Crippen molar-refractivity contribution in [2.24, 2.45) is 0 Å². The molecule has 0 aliphatic rings. The summed E-state index contributed by atoms with van der Waals surface area (Å²) in [5.41, 5.74) is 1.05. The fourth-order valence-electron chi connectivity index (χ4n) is 1.59. The summed E-state index contributed by atoms with van der Waals surface area (Å²) in [5.74, 6) is 0.114. The van der Waals surface area contributed by atoms with Gasteiger partial charge in [-0.3, -0.25) is 4.79 Å². The monoisotopic (exact) mass is 238 g/mol. The van der Waals surface area contributed by atoms with Gasteiger partial charge < -0.3 is 5.11 Å². The Balaban J connectivity index is 3.71. The van der Waals surface area contributed by atoms with E-state index in [1.807, 2.05) is 13.8 Å². The zero-order valence-corrected chi connectivity index (χ0v) is 11.4. The fourth-order valence-corrected chi connectivity index (χ4v) is 1.59. The second-order valence-electron chi connectivity index (χ2n) is 4.72. The van der Waals surface area contributed by atoms with E-state index in [2.05, 4.69) is 6.92 Å². The molecule has 0 bridgehead atoms. The Labute approximate surface area is 105 Å². The number of aliphatic hydroxyl groups is 1. The molecule has 0 amide bonds. The van der Waals surface area contributed by atoms with Crippen molar-refractivity contribution in [3.8, 4) is 0 Å². The molecule has 98 valence electrons. The van der Waals surface area contributed by atoms with Crippen molar-refractivity contribution in [2.45, 2.75) is 65.4 Å². The Morgan fingerprint density at radius 2 is 1.82 bits per heavy atom. The Kier molecular flexibility index (Phi) is 9.74. The summed E-state index contributed by atoms with van der Waals surface area (Å²) in [4.78, 5) is 11.4. The van der Waals surface area contributed by atoms with Crippen LogP contribution >= 0.6 is 0 Å². The lowest BCUT2D eigenvalue weighted by molar-refractivity contribution is -0.114. The number of rotatable bonds is 9. The van der Waals surface area contributed by atoms with E-state index in [1.165, 1.54) is 25.3 Å². The van der Waals surface area contributed by atoms with Crippen LogP contribution in [0, 0.1) is 0 Å². The Morgan fingerprint density at radius 3 is 2.41 bits per heavy atom. The fraction of sp³-hybridized carbons (Fsp3) is 0.667. The minimum Gasteiger partial charge on any atom is -0.385 e. The summed E-state index contributed by atoms with van der Waals surface area (Å²) < 4.78 is 0. The van der Waals surface area contributed by atoms with Gasteiger partial charge in [-0.15, -0.1) is 0 Å². The number of unbranched alkanes of at least 4 members (excludes halogenated alkanes) is 4. The third-order valence-electron chi connectivity index (χ3n) is 2.51. The Morgan fingerprint density at radius 1 is 1.18 bits per heavy atom. The molecule has 0 aromatic carbocycles. The summed E-state index contributed by atoms with van der Waals surface area (Å²) in [5, 5.41) is 9.49. The van der Waals surface area contributed by atoms with Gasteiger partial charge in [-0.2, -0.15) is 0 Å². The van der Waals surface area contributed by atoms with Crippen molar-refractivity contribution < 1.29 is 9.90 Å². The molecule has 0 saturated carbocycles. The zero-order chi connectivity index (χ0) is 13.1. The van der Waals surface area contributed by atoms with E-state index in [4.69, 9.17) is 0 Å². The van der Waals surface area contributed by atoms with Crippen LogP contribution in [0.25, 0.3) is 0 Å². The summed E-state index contributed by atoms with van der Waals surface area (Å²) >= 11 is 0. The highest BCUT2D eigenvalue weighted by Crippen LogP contribution is 2.06. The molecule has 0 aromatic heterocycles. The van der Waals surface area contributed by atoms with E-state index in [-0.39, 0.29) is 5.78 Å². The van der Waals surface area contributed by atoms with Crippen LogP contribution in [-0.4, -0.2) is 17.0 Å². The maximum absolute atomic E-state index is 11.4. The van der Waals surface area contributed by atoms with E-state index >= 15 is 0 Å². The average molecular weight is 238 g/mol. The zero-order valence-electron chi connectivity index (χ0n) is 11.4. The topological polar surface area (TPSA) is 37.3 Å². The molecule has 1 N–H and O–H groups in total. The van der Waals surface area contributed by atoms with Gasteiger partial charge in [0.25, 0.3) is 0 Å². The lowest BCUT2D eigenvalue weighted by atomic mass is 10.1. The molecule has 0 spiro atoms. The second kappa shape index (κ2) is 10.3.